The summed E-state index contributed by atoms with van der Waals surface area (Å²) in [4.78, 5) is 24.8. The maximum absolute atomic E-state index is 12.8. The van der Waals surface area contributed by atoms with E-state index in [1.807, 2.05) is 60.7 Å². The van der Waals surface area contributed by atoms with Gasteiger partial charge in [-0.15, -0.1) is 0 Å². The Bertz CT molecular complexity index is 1120. The third kappa shape index (κ3) is 6.27. The predicted molar refractivity (Wildman–Crippen MR) is 115 cm³/mol. The third-order valence-corrected chi connectivity index (χ3v) is 6.45. The van der Waals surface area contributed by atoms with Crippen molar-refractivity contribution >= 4 is 9.84 Å². The van der Waals surface area contributed by atoms with Crippen molar-refractivity contribution in [3.05, 3.63) is 105 Å². The van der Waals surface area contributed by atoms with Crippen LogP contribution in [0, 0.1) is 0 Å². The minimum absolute atomic E-state index is 0.0102. The van der Waals surface area contributed by atoms with E-state index in [1.54, 1.807) is 0 Å². The molecule has 0 aliphatic rings. The van der Waals surface area contributed by atoms with E-state index in [9.17, 15) is 18.0 Å². The van der Waals surface area contributed by atoms with Gasteiger partial charge in [0.25, 0.3) is 5.56 Å². The fourth-order valence-corrected chi connectivity index (χ4v) is 4.80. The lowest BCUT2D eigenvalue weighted by molar-refractivity contribution is 0.0745. The number of rotatable bonds is 10. The Morgan fingerprint density at radius 3 is 2.07 bits per heavy atom. The van der Waals surface area contributed by atoms with Gasteiger partial charge in [-0.1, -0.05) is 60.7 Å². The minimum Gasteiger partial charge on any atom is -0.361 e. The van der Waals surface area contributed by atoms with Crippen LogP contribution >= 0.6 is 0 Å². The summed E-state index contributed by atoms with van der Waals surface area (Å²) in [5.74, 6) is -0.234. The molecule has 158 valence electrons. The van der Waals surface area contributed by atoms with Crippen molar-refractivity contribution in [1.29, 1.82) is 0 Å². The molecule has 30 heavy (non-hydrogen) atoms. The van der Waals surface area contributed by atoms with Crippen molar-refractivity contribution in [1.82, 2.24) is 9.55 Å². The third-order valence-electron chi connectivity index (χ3n) is 4.70. The van der Waals surface area contributed by atoms with Crippen LogP contribution in [0.15, 0.2) is 82.5 Å². The highest BCUT2D eigenvalue weighted by Gasteiger charge is 2.22. The molecule has 3 aromatic rings. The molecule has 0 saturated carbocycles. The average Bonchev–Trinajstić information content (AvgIpc) is 2.74. The molecule has 1 heterocycles. The highest BCUT2D eigenvalue weighted by Crippen LogP contribution is 2.26. The number of aromatic nitrogens is 2. The fourth-order valence-electron chi connectivity index (χ4n) is 3.18. The second-order valence-corrected chi connectivity index (χ2v) is 9.19. The van der Waals surface area contributed by atoms with E-state index in [-0.39, 0.29) is 30.8 Å². The van der Waals surface area contributed by atoms with E-state index in [0.29, 0.717) is 6.42 Å². The number of sulfone groups is 1. The van der Waals surface area contributed by atoms with Gasteiger partial charge in [0.05, 0.1) is 11.5 Å². The maximum Gasteiger partial charge on any atom is 0.330 e. The van der Waals surface area contributed by atoms with Gasteiger partial charge in [0.1, 0.15) is 6.73 Å². The molecule has 0 amide bonds. The quantitative estimate of drug-likeness (QED) is 0.499. The van der Waals surface area contributed by atoms with Gasteiger partial charge in [-0.05, 0) is 17.5 Å². The Morgan fingerprint density at radius 2 is 1.50 bits per heavy atom. The van der Waals surface area contributed by atoms with Gasteiger partial charge in [-0.3, -0.25) is 14.3 Å². The summed E-state index contributed by atoms with van der Waals surface area (Å²) >= 11 is 0. The van der Waals surface area contributed by atoms with Gasteiger partial charge in [0.15, 0.2) is 9.84 Å². The Labute approximate surface area is 174 Å². The monoisotopic (exact) mass is 428 g/mol. The molecule has 0 radical (unpaired) electrons. The molecule has 2 aromatic carbocycles. The van der Waals surface area contributed by atoms with Gasteiger partial charge in [-0.25, -0.2) is 13.2 Å². The highest BCUT2D eigenvalue weighted by molar-refractivity contribution is 7.91. The summed E-state index contributed by atoms with van der Waals surface area (Å²) in [6, 6.07) is 20.4. The summed E-state index contributed by atoms with van der Waals surface area (Å²) in [6.45, 7) is 0.137. The van der Waals surface area contributed by atoms with E-state index in [2.05, 4.69) is 4.98 Å². The predicted octanol–water partition coefficient (Wildman–Crippen LogP) is 2.15. The van der Waals surface area contributed by atoms with Crippen LogP contribution in [0.5, 0.6) is 0 Å². The first-order chi connectivity index (χ1) is 14.4. The molecule has 0 unspecified atom stereocenters. The molecule has 0 atom stereocenters. The fraction of sp³-hybridized carbons (Fsp3) is 0.273. The number of aromatic amines is 1. The molecule has 0 bridgehead atoms. The summed E-state index contributed by atoms with van der Waals surface area (Å²) in [5.41, 5.74) is 0.874. The van der Waals surface area contributed by atoms with Crippen LogP contribution in [0.1, 0.15) is 23.5 Å². The lowest BCUT2D eigenvalue weighted by Crippen LogP contribution is -2.29. The number of hydrogen-bond acceptors (Lipinski definition) is 5. The number of ether oxygens (including phenoxy) is 1. The first-order valence-electron chi connectivity index (χ1n) is 9.62. The second kappa shape index (κ2) is 10.2. The molecule has 1 aromatic heterocycles. The van der Waals surface area contributed by atoms with Crippen molar-refractivity contribution in [2.75, 3.05) is 18.1 Å². The molecule has 3 rings (SSSR count). The van der Waals surface area contributed by atoms with Gasteiger partial charge < -0.3 is 4.74 Å². The summed E-state index contributed by atoms with van der Waals surface area (Å²) in [7, 11) is -3.33. The van der Waals surface area contributed by atoms with E-state index >= 15 is 0 Å². The Hall–Kier alpha value is -2.97. The summed E-state index contributed by atoms with van der Waals surface area (Å²) in [6.07, 6.45) is 1.65. The zero-order valence-corrected chi connectivity index (χ0v) is 17.3. The molecule has 0 saturated heterocycles. The molecule has 1 N–H and O–H groups in total. The van der Waals surface area contributed by atoms with Crippen molar-refractivity contribution < 1.29 is 13.2 Å². The van der Waals surface area contributed by atoms with Crippen LogP contribution in [0.2, 0.25) is 0 Å². The topological polar surface area (TPSA) is 98.2 Å². The summed E-state index contributed by atoms with van der Waals surface area (Å²) < 4.78 is 32.1. The second-order valence-electron chi connectivity index (χ2n) is 6.96. The number of nitrogens with one attached hydrogen (secondary N) is 1. The average molecular weight is 429 g/mol. The van der Waals surface area contributed by atoms with Crippen molar-refractivity contribution in [2.45, 2.75) is 19.1 Å². The molecule has 0 spiro atoms. The van der Waals surface area contributed by atoms with Gasteiger partial charge in [0.2, 0.25) is 0 Å². The van der Waals surface area contributed by atoms with Crippen molar-refractivity contribution in [3.63, 3.8) is 0 Å². The Morgan fingerprint density at radius 1 is 0.900 bits per heavy atom. The van der Waals surface area contributed by atoms with Crippen LogP contribution < -0.4 is 11.2 Å². The first-order valence-corrected chi connectivity index (χ1v) is 11.4. The van der Waals surface area contributed by atoms with Crippen LogP contribution in [-0.4, -0.2) is 36.1 Å². The number of H-pyrrole nitrogens is 1. The lowest BCUT2D eigenvalue weighted by atomic mass is 9.93. The van der Waals surface area contributed by atoms with Crippen LogP contribution in [0.3, 0.4) is 0 Å². The zero-order chi connectivity index (χ0) is 21.4. The Balaban J connectivity index is 1.57. The number of nitrogens with zero attached hydrogens (tertiary/aromatic N) is 1. The maximum atomic E-state index is 12.8. The Kier molecular flexibility index (Phi) is 7.37. The lowest BCUT2D eigenvalue weighted by Gasteiger charge is -2.18. The van der Waals surface area contributed by atoms with Gasteiger partial charge >= 0.3 is 5.69 Å². The molecule has 0 aliphatic carbocycles. The normalized spacial score (nSPS) is 11.6. The molecule has 0 fully saturated rings. The van der Waals surface area contributed by atoms with E-state index in [1.165, 1.54) is 16.8 Å². The molecular weight excluding hydrogens is 404 g/mol. The standard InChI is InChI=1S/C22H24N2O5S/c25-21-12-13-24(22(26)23-21)17-29-14-7-15-30(27,28)16-20(18-8-3-1-4-9-18)19-10-5-2-6-11-19/h1-6,8-13,20H,7,14-17H2,(H,23,25,26). The van der Waals surface area contributed by atoms with Crippen LogP contribution in [0.4, 0.5) is 0 Å². The van der Waals surface area contributed by atoms with Crippen LogP contribution in [-0.2, 0) is 21.3 Å². The minimum atomic E-state index is -3.33. The van der Waals surface area contributed by atoms with Gasteiger partial charge in [-0.2, -0.15) is 0 Å². The molecule has 0 aliphatic heterocycles. The molecule has 8 heteroatoms. The molecule has 7 nitrogen and oxygen atoms in total. The highest BCUT2D eigenvalue weighted by atomic mass is 32.2. The SMILES string of the molecule is O=c1ccn(COCCCS(=O)(=O)CC(c2ccccc2)c2ccccc2)c(=O)[nH]1. The largest absolute Gasteiger partial charge is 0.361 e. The van der Waals surface area contributed by atoms with Gasteiger partial charge in [0, 0.05) is 24.8 Å². The summed E-state index contributed by atoms with van der Waals surface area (Å²) in [5, 5.41) is 0. The van der Waals surface area contributed by atoms with E-state index < -0.39 is 21.1 Å². The van der Waals surface area contributed by atoms with Crippen LogP contribution in [0.25, 0.3) is 0 Å². The van der Waals surface area contributed by atoms with E-state index in [0.717, 1.165) is 11.1 Å². The van der Waals surface area contributed by atoms with Crippen molar-refractivity contribution in [3.8, 4) is 0 Å². The molecular formula is C22H24N2O5S. The first kappa shape index (κ1) is 21.7. The number of benzene rings is 2. The number of hydrogen-bond donors (Lipinski definition) is 1. The van der Waals surface area contributed by atoms with Crippen molar-refractivity contribution in [2.24, 2.45) is 0 Å². The zero-order valence-electron chi connectivity index (χ0n) is 16.4. The smallest absolute Gasteiger partial charge is 0.330 e. The van der Waals surface area contributed by atoms with E-state index in [4.69, 9.17) is 4.74 Å².